The molecule has 2 heteroatoms. The topological polar surface area (TPSA) is 26.0 Å². The first-order valence-corrected chi connectivity index (χ1v) is 7.93. The minimum absolute atomic E-state index is 0.576. The molecule has 0 bridgehead atoms. The van der Waals surface area contributed by atoms with Crippen LogP contribution in [0, 0.1) is 5.92 Å². The van der Waals surface area contributed by atoms with Gasteiger partial charge in [-0.2, -0.15) is 0 Å². The van der Waals surface area contributed by atoms with Gasteiger partial charge in [0.1, 0.15) is 0 Å². The van der Waals surface area contributed by atoms with Gasteiger partial charge >= 0.3 is 58.2 Å². The monoisotopic (exact) mass is 227 g/mol. The number of alkyl halides is 3. The molecular weight excluding hydrogens is 213 g/mol. The Labute approximate surface area is 58.4 Å². The van der Waals surface area contributed by atoms with Crippen molar-refractivity contribution in [2.75, 3.05) is 9.48 Å². The van der Waals surface area contributed by atoms with E-state index < -0.39 is 19.8 Å². The van der Waals surface area contributed by atoms with Crippen LogP contribution in [-0.4, -0.2) is 13.4 Å². The molecule has 0 aliphatic heterocycles. The fourth-order valence-corrected chi connectivity index (χ4v) is 5.33. The van der Waals surface area contributed by atoms with E-state index in [2.05, 4.69) is 11.9 Å². The van der Waals surface area contributed by atoms with Gasteiger partial charge in [0.2, 0.25) is 0 Å². The number of nitrogens with two attached hydrogens (primary N) is 1. The Hall–Kier alpha value is 0.690. The third-order valence-electron chi connectivity index (χ3n) is 1.73. The summed E-state index contributed by atoms with van der Waals surface area (Å²) in [7, 11) is 0. The molecule has 0 heterocycles. The van der Waals surface area contributed by atoms with Crippen molar-refractivity contribution in [3.63, 3.8) is 0 Å². The van der Waals surface area contributed by atoms with Crippen molar-refractivity contribution in [1.29, 1.82) is 0 Å². The maximum absolute atomic E-state index is 5.54. The van der Waals surface area contributed by atoms with Gasteiger partial charge in [-0.25, -0.2) is 0 Å². The third-order valence-corrected chi connectivity index (χ3v) is 7.59. The average molecular weight is 227 g/mol. The predicted molar refractivity (Wildman–Crippen MR) is 46.6 cm³/mol. The summed E-state index contributed by atoms with van der Waals surface area (Å²) < 4.78 is 2.14. The van der Waals surface area contributed by atoms with Gasteiger partial charge in [-0.3, -0.25) is 0 Å². The van der Waals surface area contributed by atoms with Crippen LogP contribution in [0.5, 0.6) is 0 Å². The van der Waals surface area contributed by atoms with Crippen molar-refractivity contribution in [3.8, 4) is 0 Å². The summed E-state index contributed by atoms with van der Waals surface area (Å²) in [6, 6.07) is 0. The average Bonchev–Trinajstić information content (AvgIpc) is 2.45. The van der Waals surface area contributed by atoms with Crippen LogP contribution in [0.2, 0.25) is 0 Å². The molecule has 1 aliphatic rings. The van der Waals surface area contributed by atoms with Gasteiger partial charge in [-0.15, -0.1) is 0 Å². The molecule has 0 aromatic carbocycles. The van der Waals surface area contributed by atoms with Gasteiger partial charge in [0.05, 0.1) is 0 Å². The van der Waals surface area contributed by atoms with Gasteiger partial charge in [-0.05, 0) is 0 Å². The van der Waals surface area contributed by atoms with Crippen LogP contribution in [0.1, 0.15) is 13.3 Å². The Morgan fingerprint density at radius 1 is 1.75 bits per heavy atom. The number of halogens is 1. The second kappa shape index (κ2) is 2.52. The number of hydrogen-bond donors (Lipinski definition) is 1. The Balaban J connectivity index is 2.18. The van der Waals surface area contributed by atoms with Crippen LogP contribution in [0.25, 0.3) is 0 Å². The summed E-state index contributed by atoms with van der Waals surface area (Å²) in [5.41, 5.74) is 5.54. The van der Waals surface area contributed by atoms with E-state index in [9.17, 15) is 0 Å². The van der Waals surface area contributed by atoms with Gasteiger partial charge in [0, 0.05) is 0 Å². The summed E-state index contributed by atoms with van der Waals surface area (Å²) in [4.78, 5) is 2.40. The SMILES string of the molecule is CC1CC1I(C)CN. The first-order valence-electron chi connectivity index (χ1n) is 3.00. The third kappa shape index (κ3) is 1.35. The summed E-state index contributed by atoms with van der Waals surface area (Å²) in [6.45, 7) is 2.34. The van der Waals surface area contributed by atoms with E-state index >= 15 is 0 Å². The second-order valence-electron chi connectivity index (χ2n) is 2.52. The van der Waals surface area contributed by atoms with Crippen molar-refractivity contribution < 1.29 is 0 Å². The molecule has 2 atom stereocenters. The Kier molecular flexibility index (Phi) is 2.14. The Morgan fingerprint density at radius 2 is 2.25 bits per heavy atom. The van der Waals surface area contributed by atoms with E-state index in [-0.39, 0.29) is 0 Å². The van der Waals surface area contributed by atoms with Crippen LogP contribution in [-0.2, 0) is 0 Å². The fourth-order valence-electron chi connectivity index (χ4n) is 0.910. The summed E-state index contributed by atoms with van der Waals surface area (Å²) in [6.07, 6.45) is 1.48. The zero-order valence-corrected chi connectivity index (χ0v) is 7.68. The number of rotatable bonds is 2. The van der Waals surface area contributed by atoms with E-state index in [0.717, 1.165) is 14.4 Å². The van der Waals surface area contributed by atoms with E-state index in [1.807, 2.05) is 0 Å². The van der Waals surface area contributed by atoms with Crippen LogP contribution in [0.3, 0.4) is 0 Å². The molecule has 8 heavy (non-hydrogen) atoms. The quantitative estimate of drug-likeness (QED) is 0.431. The van der Waals surface area contributed by atoms with Crippen LogP contribution >= 0.6 is 19.8 Å². The van der Waals surface area contributed by atoms with Crippen molar-refractivity contribution in [2.24, 2.45) is 11.7 Å². The molecule has 0 spiro atoms. The predicted octanol–water partition coefficient (Wildman–Crippen LogP) is 1.45. The molecule has 0 radical (unpaired) electrons. The van der Waals surface area contributed by atoms with Crippen molar-refractivity contribution in [2.45, 2.75) is 17.3 Å². The van der Waals surface area contributed by atoms with Crippen LogP contribution in [0.4, 0.5) is 0 Å². The van der Waals surface area contributed by atoms with E-state index in [4.69, 9.17) is 5.73 Å². The molecule has 50 valence electrons. The molecule has 0 aromatic rings. The molecule has 0 amide bonds. The zero-order valence-electron chi connectivity index (χ0n) is 5.52. The molecule has 1 rings (SSSR count). The molecule has 2 N–H and O–H groups in total. The molecule has 0 saturated heterocycles. The van der Waals surface area contributed by atoms with E-state index in [1.165, 1.54) is 6.42 Å². The van der Waals surface area contributed by atoms with Crippen LogP contribution < -0.4 is 5.73 Å². The van der Waals surface area contributed by atoms with E-state index in [0.29, 0.717) is 0 Å². The second-order valence-corrected chi connectivity index (χ2v) is 8.66. The summed E-state index contributed by atoms with van der Waals surface area (Å²) in [5.74, 6) is 1.04. The molecular formula is C6H14IN. The van der Waals surface area contributed by atoms with Gasteiger partial charge in [0.25, 0.3) is 0 Å². The molecule has 1 fully saturated rings. The van der Waals surface area contributed by atoms with Gasteiger partial charge in [-0.1, -0.05) is 0 Å². The molecule has 1 saturated carbocycles. The first-order chi connectivity index (χ1) is 3.75. The van der Waals surface area contributed by atoms with Crippen molar-refractivity contribution >= 4 is 19.8 Å². The zero-order chi connectivity index (χ0) is 6.15. The minimum atomic E-state index is -0.576. The van der Waals surface area contributed by atoms with Crippen LogP contribution in [0.15, 0.2) is 0 Å². The standard InChI is InChI=1S/C6H14IN/c1-5-3-6(5)7(2)4-8/h5-6H,3-4,8H2,1-2H3. The summed E-state index contributed by atoms with van der Waals surface area (Å²) >= 11 is -0.576. The normalized spacial score (nSPS) is 37.1. The van der Waals surface area contributed by atoms with E-state index in [1.54, 1.807) is 0 Å². The maximum atomic E-state index is 5.54. The Morgan fingerprint density at radius 3 is 2.38 bits per heavy atom. The first kappa shape index (κ1) is 6.81. The molecule has 2 unspecified atom stereocenters. The van der Waals surface area contributed by atoms with Gasteiger partial charge in [0.15, 0.2) is 0 Å². The molecule has 1 aliphatic carbocycles. The number of hydrogen-bond acceptors (Lipinski definition) is 1. The molecule has 0 aromatic heterocycles. The van der Waals surface area contributed by atoms with Crippen molar-refractivity contribution in [1.82, 2.24) is 0 Å². The fraction of sp³-hybridized carbons (Fsp3) is 1.00. The summed E-state index contributed by atoms with van der Waals surface area (Å²) in [5, 5.41) is 0. The van der Waals surface area contributed by atoms with Gasteiger partial charge < -0.3 is 0 Å². The Bertz CT molecular complexity index is 82.6. The van der Waals surface area contributed by atoms with Crippen molar-refractivity contribution in [3.05, 3.63) is 0 Å². The molecule has 1 nitrogen and oxygen atoms in total.